The molecule has 0 N–H and O–H groups in total. The molecule has 12 heavy (non-hydrogen) atoms. The van der Waals surface area contributed by atoms with E-state index in [1.54, 1.807) is 18.6 Å². The molecule has 1 aromatic carbocycles. The molecule has 3 heteroatoms. The van der Waals surface area contributed by atoms with Gasteiger partial charge in [-0.1, -0.05) is 18.2 Å². The molecule has 0 atom stereocenters. The van der Waals surface area contributed by atoms with Gasteiger partial charge >= 0.3 is 0 Å². The number of rotatable bonds is 0. The van der Waals surface area contributed by atoms with E-state index < -0.39 is 0 Å². The van der Waals surface area contributed by atoms with E-state index >= 15 is 0 Å². The van der Waals surface area contributed by atoms with Crippen molar-refractivity contribution in [1.82, 2.24) is 0 Å². The highest BCUT2D eigenvalue weighted by atomic mass is 15.1. The SMILES string of the molecule is C1=C\N=c2/cccc/c2=C/N=N/1. The molecule has 0 aromatic heterocycles. The van der Waals surface area contributed by atoms with Crippen molar-refractivity contribution in [2.45, 2.75) is 0 Å². The van der Waals surface area contributed by atoms with Gasteiger partial charge in [0.25, 0.3) is 0 Å². The fourth-order valence-electron chi connectivity index (χ4n) is 0.992. The summed E-state index contributed by atoms with van der Waals surface area (Å²) >= 11 is 0. The second-order valence-electron chi connectivity index (χ2n) is 2.35. The Bertz CT molecular complexity index is 400. The second-order valence-corrected chi connectivity index (χ2v) is 2.35. The fraction of sp³-hybridized carbons (Fsp3) is 0. The molecule has 1 aromatic rings. The summed E-state index contributed by atoms with van der Waals surface area (Å²) in [6.07, 6.45) is 4.89. The summed E-state index contributed by atoms with van der Waals surface area (Å²) in [5, 5.41) is 9.47. The summed E-state index contributed by atoms with van der Waals surface area (Å²) in [7, 11) is 0. The lowest BCUT2D eigenvalue weighted by Crippen LogP contribution is -2.23. The van der Waals surface area contributed by atoms with Crippen LogP contribution >= 0.6 is 0 Å². The predicted molar refractivity (Wildman–Crippen MR) is 45.7 cm³/mol. The molecule has 2 rings (SSSR count). The number of hydrogen-bond donors (Lipinski definition) is 0. The topological polar surface area (TPSA) is 37.1 Å². The molecule has 58 valence electrons. The number of para-hydroxylation sites is 1. The van der Waals surface area contributed by atoms with Crippen molar-refractivity contribution >= 4 is 6.20 Å². The molecule has 0 spiro atoms. The molecule has 0 bridgehead atoms. The highest BCUT2D eigenvalue weighted by Gasteiger charge is 1.84. The molecular formula is C9H7N3. The second kappa shape index (κ2) is 3.09. The molecule has 0 amide bonds. The van der Waals surface area contributed by atoms with Crippen LogP contribution in [0, 0.1) is 0 Å². The van der Waals surface area contributed by atoms with Gasteiger partial charge in [-0.2, -0.15) is 10.2 Å². The van der Waals surface area contributed by atoms with Gasteiger partial charge in [0.05, 0.1) is 17.8 Å². The van der Waals surface area contributed by atoms with Crippen LogP contribution in [0.25, 0.3) is 6.20 Å². The Morgan fingerprint density at radius 2 is 1.83 bits per heavy atom. The minimum absolute atomic E-state index is 0.924. The molecule has 0 aliphatic carbocycles. The fourth-order valence-corrected chi connectivity index (χ4v) is 0.992. The normalized spacial score (nSPS) is 24.7. The van der Waals surface area contributed by atoms with Gasteiger partial charge in [-0.25, -0.2) is 0 Å². The molecular weight excluding hydrogens is 150 g/mol. The largest absolute Gasteiger partial charge is 0.255 e. The predicted octanol–water partition coefficient (Wildman–Crippen LogP) is 0.981. The van der Waals surface area contributed by atoms with Crippen molar-refractivity contribution in [3.8, 4) is 0 Å². The van der Waals surface area contributed by atoms with Gasteiger partial charge < -0.3 is 0 Å². The van der Waals surface area contributed by atoms with Gasteiger partial charge in [-0.3, -0.25) is 4.99 Å². The maximum Gasteiger partial charge on any atom is 0.0718 e. The zero-order valence-electron chi connectivity index (χ0n) is 6.38. The van der Waals surface area contributed by atoms with Crippen molar-refractivity contribution in [1.29, 1.82) is 0 Å². The zero-order valence-corrected chi connectivity index (χ0v) is 6.38. The Kier molecular flexibility index (Phi) is 1.78. The highest BCUT2D eigenvalue weighted by Crippen LogP contribution is 1.83. The Morgan fingerprint density at radius 3 is 2.83 bits per heavy atom. The number of benzene rings is 1. The van der Waals surface area contributed by atoms with E-state index in [-0.39, 0.29) is 0 Å². The van der Waals surface area contributed by atoms with Crippen molar-refractivity contribution in [3.05, 3.63) is 47.2 Å². The maximum absolute atomic E-state index is 4.18. The quantitative estimate of drug-likeness (QED) is 0.538. The van der Waals surface area contributed by atoms with Crippen LogP contribution in [0.1, 0.15) is 0 Å². The lowest BCUT2D eigenvalue weighted by Gasteiger charge is -1.87. The van der Waals surface area contributed by atoms with E-state index in [2.05, 4.69) is 15.2 Å². The highest BCUT2D eigenvalue weighted by molar-refractivity contribution is 5.21. The van der Waals surface area contributed by atoms with E-state index in [0.717, 1.165) is 10.6 Å². The molecule has 0 saturated carbocycles. The smallest absolute Gasteiger partial charge is 0.0718 e. The van der Waals surface area contributed by atoms with Gasteiger partial charge in [0, 0.05) is 11.4 Å². The lowest BCUT2D eigenvalue weighted by atomic mass is 10.3. The van der Waals surface area contributed by atoms with Crippen LogP contribution in [0.5, 0.6) is 0 Å². The molecule has 1 heterocycles. The summed E-state index contributed by atoms with van der Waals surface area (Å²) in [5.74, 6) is 0. The van der Waals surface area contributed by atoms with Crippen LogP contribution in [-0.2, 0) is 0 Å². The number of fused-ring (bicyclic) bond motifs is 1. The average Bonchev–Trinajstić information content (AvgIpc) is 2.06. The third-order valence-corrected chi connectivity index (χ3v) is 1.55. The first-order valence-corrected chi connectivity index (χ1v) is 3.65. The molecule has 0 radical (unpaired) electrons. The van der Waals surface area contributed by atoms with Gasteiger partial charge in [0.1, 0.15) is 0 Å². The molecule has 0 unspecified atom stereocenters. The Hall–Kier alpha value is -1.77. The summed E-state index contributed by atoms with van der Waals surface area (Å²) in [6.45, 7) is 0. The van der Waals surface area contributed by atoms with Crippen LogP contribution in [0.2, 0.25) is 0 Å². The lowest BCUT2D eigenvalue weighted by molar-refractivity contribution is 1.20. The van der Waals surface area contributed by atoms with E-state index in [1.165, 1.54) is 0 Å². The molecule has 0 saturated heterocycles. The maximum atomic E-state index is 4.18. The summed E-state index contributed by atoms with van der Waals surface area (Å²) in [4.78, 5) is 4.18. The minimum atomic E-state index is 0.924. The Labute approximate surface area is 69.5 Å². The molecule has 1 aliphatic rings. The van der Waals surface area contributed by atoms with E-state index in [9.17, 15) is 0 Å². The third kappa shape index (κ3) is 1.29. The molecule has 0 fully saturated rings. The van der Waals surface area contributed by atoms with Crippen molar-refractivity contribution in [2.75, 3.05) is 0 Å². The van der Waals surface area contributed by atoms with Crippen molar-refractivity contribution < 1.29 is 0 Å². The van der Waals surface area contributed by atoms with E-state index in [1.807, 2.05) is 24.3 Å². The van der Waals surface area contributed by atoms with Crippen molar-refractivity contribution in [3.63, 3.8) is 0 Å². The molecule has 1 aliphatic heterocycles. The van der Waals surface area contributed by atoms with E-state index in [0.29, 0.717) is 0 Å². The van der Waals surface area contributed by atoms with Gasteiger partial charge in [0.2, 0.25) is 0 Å². The van der Waals surface area contributed by atoms with E-state index in [4.69, 9.17) is 0 Å². The first kappa shape index (κ1) is 6.91. The number of hydrogen-bond acceptors (Lipinski definition) is 3. The number of nitrogens with zero attached hydrogens (tertiary/aromatic N) is 3. The minimum Gasteiger partial charge on any atom is -0.255 e. The first-order valence-electron chi connectivity index (χ1n) is 3.65. The summed E-state index contributed by atoms with van der Waals surface area (Å²) < 4.78 is 0. The van der Waals surface area contributed by atoms with Gasteiger partial charge in [-0.15, -0.1) is 0 Å². The van der Waals surface area contributed by atoms with Crippen LogP contribution < -0.4 is 10.6 Å². The standard InChI is InChI=1S/C9H7N3/c1-2-4-9-8(3-1)7-12-11-6-5-10-9/h1-7H/b6-5-,8-7-,10-5?,10-9+,11-6?,12-7?,12-11+. The Morgan fingerprint density at radius 1 is 0.917 bits per heavy atom. The van der Waals surface area contributed by atoms with Crippen LogP contribution in [0.3, 0.4) is 0 Å². The van der Waals surface area contributed by atoms with Gasteiger partial charge in [0.15, 0.2) is 0 Å². The monoisotopic (exact) mass is 157 g/mol. The van der Waals surface area contributed by atoms with Crippen molar-refractivity contribution in [2.24, 2.45) is 15.2 Å². The first-order chi connectivity index (χ1) is 5.97. The van der Waals surface area contributed by atoms with Crippen LogP contribution in [-0.4, -0.2) is 0 Å². The zero-order chi connectivity index (χ0) is 8.23. The van der Waals surface area contributed by atoms with Gasteiger partial charge in [-0.05, 0) is 6.07 Å². The van der Waals surface area contributed by atoms with Crippen LogP contribution in [0.15, 0.2) is 51.9 Å². The summed E-state index contributed by atoms with van der Waals surface area (Å²) in [5.41, 5.74) is 0. The average molecular weight is 157 g/mol. The third-order valence-electron chi connectivity index (χ3n) is 1.55. The molecule has 3 nitrogen and oxygen atoms in total. The van der Waals surface area contributed by atoms with Crippen LogP contribution in [0.4, 0.5) is 0 Å². The number of azo groups is 1. The summed E-state index contributed by atoms with van der Waals surface area (Å²) in [6, 6.07) is 7.79. The Balaban J connectivity index is 2.80.